The Hall–Kier alpha value is -1.63. The van der Waals surface area contributed by atoms with Crippen LogP contribution in [-0.2, 0) is 0 Å². The van der Waals surface area contributed by atoms with Gasteiger partial charge in [-0.15, -0.1) is 0 Å². The van der Waals surface area contributed by atoms with E-state index in [2.05, 4.69) is 25.6 Å². The molecule has 7 heteroatoms. The molecule has 0 aliphatic heterocycles. The lowest BCUT2D eigenvalue weighted by Gasteiger charge is -2.04. The van der Waals surface area contributed by atoms with Crippen LogP contribution in [-0.4, -0.2) is 10.3 Å². The number of phenols is 1. The zero-order chi connectivity index (χ0) is 11.9. The van der Waals surface area contributed by atoms with Crippen LogP contribution < -0.4 is 5.73 Å². The first-order valence-electron chi connectivity index (χ1n) is 4.09. The summed E-state index contributed by atoms with van der Waals surface area (Å²) in [7, 11) is 0. The van der Waals surface area contributed by atoms with Gasteiger partial charge in [-0.3, -0.25) is 0 Å². The van der Waals surface area contributed by atoms with E-state index in [0.717, 1.165) is 6.07 Å². The molecule has 0 saturated carbocycles. The fourth-order valence-corrected chi connectivity index (χ4v) is 1.54. The van der Waals surface area contributed by atoms with E-state index in [4.69, 9.17) is 10.8 Å². The second kappa shape index (κ2) is 3.75. The number of nitrogen functional groups attached to an aromatic ring is 1. The minimum Gasteiger partial charge on any atom is -0.507 e. The first-order chi connectivity index (χ1) is 7.50. The summed E-state index contributed by atoms with van der Waals surface area (Å²) in [6.45, 7) is 0. The lowest BCUT2D eigenvalue weighted by Crippen LogP contribution is -1.92. The number of hydrogen-bond acceptors (Lipinski definition) is 4. The molecule has 84 valence electrons. The van der Waals surface area contributed by atoms with Crippen LogP contribution in [0.4, 0.5) is 14.7 Å². The highest BCUT2D eigenvalue weighted by molar-refractivity contribution is 9.10. The van der Waals surface area contributed by atoms with Gasteiger partial charge in [-0.1, -0.05) is 5.16 Å². The number of halogens is 3. The molecule has 16 heavy (non-hydrogen) atoms. The second-order valence-electron chi connectivity index (χ2n) is 3.00. The summed E-state index contributed by atoms with van der Waals surface area (Å²) in [4.78, 5) is 0. The third kappa shape index (κ3) is 1.63. The predicted molar refractivity (Wildman–Crippen MR) is 55.6 cm³/mol. The average molecular weight is 291 g/mol. The molecule has 0 fully saturated rings. The van der Waals surface area contributed by atoms with Gasteiger partial charge in [0, 0.05) is 12.1 Å². The van der Waals surface area contributed by atoms with Gasteiger partial charge in [0.25, 0.3) is 0 Å². The topological polar surface area (TPSA) is 72.3 Å². The summed E-state index contributed by atoms with van der Waals surface area (Å²) in [6, 6.07) is 1.96. The molecule has 2 rings (SSSR count). The molecule has 0 amide bonds. The SMILES string of the molecule is Nc1cc(-c2c(F)cc(O)c(Br)c2F)no1. The number of aromatic hydroxyl groups is 1. The summed E-state index contributed by atoms with van der Waals surface area (Å²) in [5.74, 6) is -2.51. The lowest BCUT2D eigenvalue weighted by molar-refractivity contribution is 0.436. The molecule has 0 radical (unpaired) electrons. The molecular formula is C9H5BrF2N2O2. The molecule has 1 aromatic carbocycles. The van der Waals surface area contributed by atoms with Crippen molar-refractivity contribution in [1.82, 2.24) is 5.16 Å². The van der Waals surface area contributed by atoms with E-state index in [0.29, 0.717) is 0 Å². The minimum absolute atomic E-state index is 0.0574. The van der Waals surface area contributed by atoms with Gasteiger partial charge in [0.2, 0.25) is 5.88 Å². The number of aromatic nitrogens is 1. The second-order valence-corrected chi connectivity index (χ2v) is 3.79. The maximum absolute atomic E-state index is 13.6. The molecule has 0 aliphatic rings. The molecule has 0 aliphatic carbocycles. The zero-order valence-electron chi connectivity index (χ0n) is 7.67. The van der Waals surface area contributed by atoms with E-state index in [1.165, 1.54) is 6.07 Å². The molecule has 0 bridgehead atoms. The highest BCUT2D eigenvalue weighted by Crippen LogP contribution is 2.36. The molecule has 0 spiro atoms. The number of anilines is 1. The van der Waals surface area contributed by atoms with Crippen molar-refractivity contribution in [1.29, 1.82) is 0 Å². The van der Waals surface area contributed by atoms with E-state index in [-0.39, 0.29) is 16.1 Å². The van der Waals surface area contributed by atoms with Crippen molar-refractivity contribution < 1.29 is 18.4 Å². The van der Waals surface area contributed by atoms with Crippen LogP contribution in [0.5, 0.6) is 5.75 Å². The first-order valence-corrected chi connectivity index (χ1v) is 4.89. The Labute approximate surface area is 96.8 Å². The van der Waals surface area contributed by atoms with Crippen molar-refractivity contribution in [3.8, 4) is 17.0 Å². The van der Waals surface area contributed by atoms with E-state index < -0.39 is 22.9 Å². The van der Waals surface area contributed by atoms with Crippen molar-refractivity contribution >= 4 is 21.8 Å². The summed E-state index contributed by atoms with van der Waals surface area (Å²) in [5, 5.41) is 12.6. The third-order valence-corrected chi connectivity index (χ3v) is 2.68. The number of rotatable bonds is 1. The Morgan fingerprint density at radius 2 is 2.06 bits per heavy atom. The average Bonchev–Trinajstić information content (AvgIpc) is 2.61. The van der Waals surface area contributed by atoms with E-state index in [9.17, 15) is 8.78 Å². The van der Waals surface area contributed by atoms with Crippen LogP contribution >= 0.6 is 15.9 Å². The van der Waals surface area contributed by atoms with Crippen LogP contribution in [0, 0.1) is 11.6 Å². The Kier molecular flexibility index (Phi) is 2.55. The third-order valence-electron chi connectivity index (χ3n) is 1.92. The molecule has 3 N–H and O–H groups in total. The molecule has 0 saturated heterocycles. The summed E-state index contributed by atoms with van der Waals surface area (Å²) in [5.41, 5.74) is 4.76. The molecule has 2 aromatic rings. The highest BCUT2D eigenvalue weighted by Gasteiger charge is 2.20. The van der Waals surface area contributed by atoms with Crippen LogP contribution in [0.3, 0.4) is 0 Å². The minimum atomic E-state index is -0.967. The zero-order valence-corrected chi connectivity index (χ0v) is 9.25. The van der Waals surface area contributed by atoms with Gasteiger partial charge in [0.15, 0.2) is 5.82 Å². The van der Waals surface area contributed by atoms with Crippen LogP contribution in [0.1, 0.15) is 0 Å². The van der Waals surface area contributed by atoms with Crippen LogP contribution in [0.15, 0.2) is 21.1 Å². The lowest BCUT2D eigenvalue weighted by atomic mass is 10.1. The first kappa shape index (κ1) is 10.9. The van der Waals surface area contributed by atoms with E-state index >= 15 is 0 Å². The monoisotopic (exact) mass is 290 g/mol. The van der Waals surface area contributed by atoms with Crippen molar-refractivity contribution in [2.24, 2.45) is 0 Å². The largest absolute Gasteiger partial charge is 0.507 e. The van der Waals surface area contributed by atoms with Crippen molar-refractivity contribution in [2.45, 2.75) is 0 Å². The number of hydrogen-bond donors (Lipinski definition) is 2. The fraction of sp³-hybridized carbons (Fsp3) is 0. The highest BCUT2D eigenvalue weighted by atomic mass is 79.9. The number of nitrogens with two attached hydrogens (primary N) is 1. The van der Waals surface area contributed by atoms with Crippen molar-refractivity contribution in [2.75, 3.05) is 5.73 Å². The molecule has 0 unspecified atom stereocenters. The molecule has 1 heterocycles. The van der Waals surface area contributed by atoms with Gasteiger partial charge >= 0.3 is 0 Å². The maximum atomic E-state index is 13.6. The number of benzene rings is 1. The summed E-state index contributed by atoms with van der Waals surface area (Å²) >= 11 is 2.79. The van der Waals surface area contributed by atoms with Crippen LogP contribution in [0.25, 0.3) is 11.3 Å². The standard InChI is InChI=1S/C9H5BrF2N2O2/c10-8-5(15)1-3(11)7(9(8)12)4-2-6(13)16-14-4/h1-2,15H,13H2. The number of nitrogens with zero attached hydrogens (tertiary/aromatic N) is 1. The molecule has 4 nitrogen and oxygen atoms in total. The van der Waals surface area contributed by atoms with Crippen LogP contribution in [0.2, 0.25) is 0 Å². The Morgan fingerprint density at radius 1 is 1.38 bits per heavy atom. The fourth-order valence-electron chi connectivity index (χ4n) is 1.22. The predicted octanol–water partition coefficient (Wildman–Crippen LogP) is 2.67. The van der Waals surface area contributed by atoms with Gasteiger partial charge in [-0.05, 0) is 15.9 Å². The van der Waals surface area contributed by atoms with Gasteiger partial charge in [0.1, 0.15) is 17.3 Å². The van der Waals surface area contributed by atoms with Crippen molar-refractivity contribution in [3.63, 3.8) is 0 Å². The molecule has 0 atom stereocenters. The smallest absolute Gasteiger partial charge is 0.222 e. The quantitative estimate of drug-likeness (QED) is 0.792. The van der Waals surface area contributed by atoms with Gasteiger partial charge < -0.3 is 15.4 Å². The Bertz CT molecular complexity index is 557. The van der Waals surface area contributed by atoms with E-state index in [1.54, 1.807) is 0 Å². The molecule has 1 aromatic heterocycles. The van der Waals surface area contributed by atoms with Gasteiger partial charge in [-0.2, -0.15) is 0 Å². The summed E-state index contributed by atoms with van der Waals surface area (Å²) < 4.78 is 31.4. The van der Waals surface area contributed by atoms with Gasteiger partial charge in [0.05, 0.1) is 10.0 Å². The maximum Gasteiger partial charge on any atom is 0.222 e. The van der Waals surface area contributed by atoms with E-state index in [1.807, 2.05) is 0 Å². The Morgan fingerprint density at radius 3 is 2.62 bits per heavy atom. The normalized spacial score (nSPS) is 10.7. The summed E-state index contributed by atoms with van der Waals surface area (Å²) in [6.07, 6.45) is 0. The van der Waals surface area contributed by atoms with Gasteiger partial charge in [-0.25, -0.2) is 8.78 Å². The van der Waals surface area contributed by atoms with Crippen molar-refractivity contribution in [3.05, 3.63) is 28.2 Å². The number of phenolic OH excluding ortho intramolecular Hbond substituents is 1. The molecular weight excluding hydrogens is 286 g/mol. The Balaban J connectivity index is 2.70.